The van der Waals surface area contributed by atoms with Crippen molar-refractivity contribution < 1.29 is 4.92 Å². The Kier molecular flexibility index (Phi) is 3.27. The minimum absolute atomic E-state index is 0.0238. The molecule has 7 heteroatoms. The number of pyridine rings is 1. The lowest BCUT2D eigenvalue weighted by Gasteiger charge is -2.23. The van der Waals surface area contributed by atoms with Gasteiger partial charge in [-0.15, -0.1) is 11.3 Å². The van der Waals surface area contributed by atoms with Crippen LogP contribution < -0.4 is 10.6 Å². The lowest BCUT2D eigenvalue weighted by Crippen LogP contribution is -2.25. The van der Waals surface area contributed by atoms with Gasteiger partial charge < -0.3 is 10.6 Å². The summed E-state index contributed by atoms with van der Waals surface area (Å²) in [5.41, 5.74) is 5.54. The van der Waals surface area contributed by atoms with E-state index in [1.165, 1.54) is 10.9 Å². The van der Waals surface area contributed by atoms with E-state index in [-0.39, 0.29) is 11.5 Å². The van der Waals surface area contributed by atoms with E-state index in [0.29, 0.717) is 11.9 Å². The van der Waals surface area contributed by atoms with Crippen LogP contribution in [-0.2, 0) is 6.54 Å². The molecular weight excluding hydrogens is 276 g/mol. The predicted octanol–water partition coefficient (Wildman–Crippen LogP) is 2.80. The van der Waals surface area contributed by atoms with E-state index < -0.39 is 4.92 Å². The Hall–Kier alpha value is -2.15. The number of nitrogen functional groups attached to an aromatic ring is 1. The maximum Gasteiger partial charge on any atom is 0.311 e. The average Bonchev–Trinajstić information content (AvgIpc) is 3.12. The maximum absolute atomic E-state index is 10.8. The predicted molar refractivity (Wildman–Crippen MR) is 78.8 cm³/mol. The molecule has 0 radical (unpaired) electrons. The van der Waals surface area contributed by atoms with Gasteiger partial charge in [-0.3, -0.25) is 10.1 Å². The van der Waals surface area contributed by atoms with Crippen LogP contribution in [0.1, 0.15) is 17.7 Å². The molecule has 3 rings (SSSR count). The quantitative estimate of drug-likeness (QED) is 0.676. The Morgan fingerprint density at radius 3 is 2.80 bits per heavy atom. The summed E-state index contributed by atoms with van der Waals surface area (Å²) in [5.74, 6) is 0.688. The first-order valence-corrected chi connectivity index (χ1v) is 7.23. The molecule has 2 heterocycles. The molecule has 0 aliphatic heterocycles. The van der Waals surface area contributed by atoms with Gasteiger partial charge in [0.2, 0.25) is 5.82 Å². The first-order chi connectivity index (χ1) is 9.65. The molecule has 2 N–H and O–H groups in total. The molecule has 1 fully saturated rings. The Labute approximate surface area is 120 Å². The van der Waals surface area contributed by atoms with Gasteiger partial charge in [-0.05, 0) is 30.4 Å². The first-order valence-electron chi connectivity index (χ1n) is 6.35. The minimum Gasteiger partial charge on any atom is -0.378 e. The summed E-state index contributed by atoms with van der Waals surface area (Å²) < 4.78 is 0. The standard InChI is InChI=1S/C13H14N4O2S/c14-13-11(17(18)19)5-6-12(15-13)16(9-3-4-9)8-10-2-1-7-20-10/h1-2,5-7,9H,3-4,8H2,(H2,14,15). The van der Waals surface area contributed by atoms with Crippen LogP contribution in [0.2, 0.25) is 0 Å². The summed E-state index contributed by atoms with van der Waals surface area (Å²) in [6.45, 7) is 0.770. The molecule has 6 nitrogen and oxygen atoms in total. The zero-order valence-corrected chi connectivity index (χ0v) is 11.5. The second kappa shape index (κ2) is 5.09. The molecule has 2 aromatic rings. The molecule has 0 spiro atoms. The van der Waals surface area contributed by atoms with Gasteiger partial charge in [0.05, 0.1) is 11.5 Å². The summed E-state index contributed by atoms with van der Waals surface area (Å²) in [5, 5.41) is 12.8. The molecule has 0 bridgehead atoms. The smallest absolute Gasteiger partial charge is 0.311 e. The molecule has 0 atom stereocenters. The van der Waals surface area contributed by atoms with Crippen LogP contribution in [0.4, 0.5) is 17.3 Å². The summed E-state index contributed by atoms with van der Waals surface area (Å²) >= 11 is 1.69. The zero-order valence-electron chi connectivity index (χ0n) is 10.7. The Morgan fingerprint density at radius 1 is 1.45 bits per heavy atom. The van der Waals surface area contributed by atoms with Crippen LogP contribution >= 0.6 is 11.3 Å². The number of hydrogen-bond acceptors (Lipinski definition) is 6. The van der Waals surface area contributed by atoms with Crippen molar-refractivity contribution in [3.63, 3.8) is 0 Å². The molecule has 20 heavy (non-hydrogen) atoms. The van der Waals surface area contributed by atoms with Gasteiger partial charge in [0.1, 0.15) is 5.82 Å². The fourth-order valence-corrected chi connectivity index (χ4v) is 2.83. The highest BCUT2D eigenvalue weighted by atomic mass is 32.1. The van der Waals surface area contributed by atoms with Crippen molar-refractivity contribution >= 4 is 28.7 Å². The van der Waals surface area contributed by atoms with E-state index in [0.717, 1.165) is 19.4 Å². The average molecular weight is 290 g/mol. The lowest BCUT2D eigenvalue weighted by atomic mass is 10.3. The first kappa shape index (κ1) is 12.9. The van der Waals surface area contributed by atoms with Crippen LogP contribution in [0.15, 0.2) is 29.6 Å². The number of thiophene rings is 1. The van der Waals surface area contributed by atoms with Crippen LogP contribution in [0.25, 0.3) is 0 Å². The number of nitro groups is 1. The van der Waals surface area contributed by atoms with E-state index in [4.69, 9.17) is 5.73 Å². The van der Waals surface area contributed by atoms with E-state index in [1.807, 2.05) is 11.4 Å². The van der Waals surface area contributed by atoms with Crippen LogP contribution in [-0.4, -0.2) is 15.9 Å². The fraction of sp³-hybridized carbons (Fsp3) is 0.308. The van der Waals surface area contributed by atoms with Gasteiger partial charge >= 0.3 is 5.69 Å². The van der Waals surface area contributed by atoms with E-state index in [9.17, 15) is 10.1 Å². The SMILES string of the molecule is Nc1nc(N(Cc2cccs2)C2CC2)ccc1[N+](=O)[O-]. The van der Waals surface area contributed by atoms with Gasteiger partial charge in [0.15, 0.2) is 0 Å². The normalized spacial score (nSPS) is 14.2. The highest BCUT2D eigenvalue weighted by Gasteiger charge is 2.31. The van der Waals surface area contributed by atoms with Crippen molar-refractivity contribution in [2.24, 2.45) is 0 Å². The fourth-order valence-electron chi connectivity index (χ4n) is 2.12. The zero-order chi connectivity index (χ0) is 14.1. The summed E-state index contributed by atoms with van der Waals surface area (Å²) in [6, 6.07) is 7.67. The van der Waals surface area contributed by atoms with Gasteiger partial charge in [-0.2, -0.15) is 0 Å². The molecule has 1 saturated carbocycles. The highest BCUT2D eigenvalue weighted by Crippen LogP contribution is 2.34. The summed E-state index contributed by atoms with van der Waals surface area (Å²) in [4.78, 5) is 17.9. The molecule has 2 aromatic heterocycles. The molecule has 0 aromatic carbocycles. The minimum atomic E-state index is -0.507. The number of aromatic nitrogens is 1. The summed E-state index contributed by atoms with van der Waals surface area (Å²) in [6.07, 6.45) is 2.26. The monoisotopic (exact) mass is 290 g/mol. The van der Waals surface area contributed by atoms with Crippen molar-refractivity contribution in [3.05, 3.63) is 44.6 Å². The molecule has 1 aliphatic carbocycles. The molecule has 104 valence electrons. The third kappa shape index (κ3) is 2.57. The van der Waals surface area contributed by atoms with Crippen molar-refractivity contribution in [1.29, 1.82) is 0 Å². The third-order valence-corrected chi connectivity index (χ3v) is 4.13. The van der Waals surface area contributed by atoms with Gasteiger partial charge in [-0.25, -0.2) is 4.98 Å². The Balaban J connectivity index is 1.88. The molecule has 1 aliphatic rings. The van der Waals surface area contributed by atoms with Crippen molar-refractivity contribution in [1.82, 2.24) is 4.98 Å². The molecular formula is C13H14N4O2S. The van der Waals surface area contributed by atoms with Crippen LogP contribution in [0.3, 0.4) is 0 Å². The van der Waals surface area contributed by atoms with Crippen molar-refractivity contribution in [2.45, 2.75) is 25.4 Å². The van der Waals surface area contributed by atoms with Crippen molar-refractivity contribution in [2.75, 3.05) is 10.6 Å². The number of nitrogens with two attached hydrogens (primary N) is 1. The number of hydrogen-bond donors (Lipinski definition) is 1. The largest absolute Gasteiger partial charge is 0.378 e. The van der Waals surface area contributed by atoms with Crippen molar-refractivity contribution in [3.8, 4) is 0 Å². The van der Waals surface area contributed by atoms with Crippen LogP contribution in [0.5, 0.6) is 0 Å². The number of rotatable bonds is 5. The van der Waals surface area contributed by atoms with Gasteiger partial charge in [0, 0.05) is 17.0 Å². The van der Waals surface area contributed by atoms with Gasteiger partial charge in [0.25, 0.3) is 0 Å². The van der Waals surface area contributed by atoms with E-state index >= 15 is 0 Å². The Bertz CT molecular complexity index is 625. The maximum atomic E-state index is 10.8. The van der Waals surface area contributed by atoms with E-state index in [2.05, 4.69) is 16.0 Å². The van der Waals surface area contributed by atoms with E-state index in [1.54, 1.807) is 17.4 Å². The van der Waals surface area contributed by atoms with Crippen LogP contribution in [0, 0.1) is 10.1 Å². The summed E-state index contributed by atoms with van der Waals surface area (Å²) in [7, 11) is 0. The molecule has 0 unspecified atom stereocenters. The topological polar surface area (TPSA) is 85.3 Å². The highest BCUT2D eigenvalue weighted by molar-refractivity contribution is 7.09. The number of anilines is 2. The number of nitrogens with zero attached hydrogens (tertiary/aromatic N) is 3. The molecule has 0 amide bonds. The third-order valence-electron chi connectivity index (χ3n) is 3.27. The second-order valence-electron chi connectivity index (χ2n) is 4.77. The lowest BCUT2D eigenvalue weighted by molar-refractivity contribution is -0.384. The Morgan fingerprint density at radius 2 is 2.25 bits per heavy atom. The van der Waals surface area contributed by atoms with Gasteiger partial charge in [-0.1, -0.05) is 6.07 Å². The second-order valence-corrected chi connectivity index (χ2v) is 5.80. The molecule has 0 saturated heterocycles.